The van der Waals surface area contributed by atoms with Gasteiger partial charge in [0, 0.05) is 15.1 Å². The molecule has 1 aromatic carbocycles. The van der Waals surface area contributed by atoms with Crippen LogP contribution in [0.25, 0.3) is 0 Å². The topological polar surface area (TPSA) is 20.2 Å². The summed E-state index contributed by atoms with van der Waals surface area (Å²) in [5.74, 6) is 5.38. The van der Waals surface area contributed by atoms with Gasteiger partial charge in [0.2, 0.25) is 0 Å². The smallest absolute Gasteiger partial charge is 0.149 e. The van der Waals surface area contributed by atoms with E-state index in [9.17, 15) is 5.11 Å². The Labute approximate surface area is 97.2 Å². The molecule has 0 aliphatic rings. The van der Waals surface area contributed by atoms with Gasteiger partial charge in [-0.3, -0.25) is 0 Å². The zero-order chi connectivity index (χ0) is 10.8. The molecule has 0 amide bonds. The van der Waals surface area contributed by atoms with Crippen LogP contribution in [0.3, 0.4) is 0 Å². The summed E-state index contributed by atoms with van der Waals surface area (Å²) in [6.45, 7) is 3.31. The van der Waals surface area contributed by atoms with E-state index in [1.54, 1.807) is 26.0 Å². The van der Waals surface area contributed by atoms with Crippen molar-refractivity contribution >= 4 is 27.5 Å². The number of aliphatic hydroxyl groups is 1. The molecule has 0 fully saturated rings. The van der Waals surface area contributed by atoms with Crippen LogP contribution in [0, 0.1) is 11.8 Å². The van der Waals surface area contributed by atoms with E-state index < -0.39 is 5.60 Å². The molecule has 1 nitrogen and oxygen atoms in total. The summed E-state index contributed by atoms with van der Waals surface area (Å²) >= 11 is 9.29. The summed E-state index contributed by atoms with van der Waals surface area (Å²) in [6.07, 6.45) is 0. The summed E-state index contributed by atoms with van der Waals surface area (Å²) in [5.41, 5.74) is -0.566. The van der Waals surface area contributed by atoms with E-state index in [0.717, 1.165) is 4.47 Å². The van der Waals surface area contributed by atoms with E-state index in [2.05, 4.69) is 27.8 Å². The van der Waals surface area contributed by atoms with Crippen LogP contribution < -0.4 is 0 Å². The predicted molar refractivity (Wildman–Crippen MR) is 62.2 cm³/mol. The lowest BCUT2D eigenvalue weighted by Crippen LogP contribution is -2.18. The first-order valence-corrected chi connectivity index (χ1v) is 5.26. The Balaban J connectivity index is 3.23. The van der Waals surface area contributed by atoms with Crippen LogP contribution in [0.4, 0.5) is 0 Å². The van der Waals surface area contributed by atoms with Crippen molar-refractivity contribution < 1.29 is 5.11 Å². The van der Waals surface area contributed by atoms with Gasteiger partial charge in [-0.05, 0) is 26.0 Å². The number of benzene rings is 1. The van der Waals surface area contributed by atoms with Crippen molar-refractivity contribution in [3.8, 4) is 11.8 Å². The van der Waals surface area contributed by atoms with E-state index in [0.29, 0.717) is 10.6 Å². The fourth-order valence-electron chi connectivity index (χ4n) is 1.20. The Bertz CT molecular complexity index is 401. The first kappa shape index (κ1) is 11.6. The number of hydrogen-bond acceptors (Lipinski definition) is 1. The minimum atomic E-state index is -1.19. The summed E-state index contributed by atoms with van der Waals surface area (Å²) in [7, 11) is 0. The van der Waals surface area contributed by atoms with Crippen LogP contribution in [0.5, 0.6) is 0 Å². The summed E-state index contributed by atoms with van der Waals surface area (Å²) < 4.78 is 0.881. The van der Waals surface area contributed by atoms with Gasteiger partial charge in [-0.2, -0.15) is 0 Å². The van der Waals surface area contributed by atoms with Gasteiger partial charge in [-0.1, -0.05) is 39.5 Å². The summed E-state index contributed by atoms with van der Waals surface area (Å²) in [6, 6.07) is 5.33. The third-order valence-corrected chi connectivity index (χ3v) is 2.63. The maximum absolute atomic E-state index is 9.98. The normalized spacial score (nSPS) is 14.1. The molecule has 0 spiro atoms. The van der Waals surface area contributed by atoms with Crippen molar-refractivity contribution in [2.24, 2.45) is 0 Å². The standard InChI is InChI=1S/C11H10BrClO/c1-3-6-11(2,14)9-5-4-8(12)7-10(9)13/h4-5,7,14H,1-2H3. The third-order valence-electron chi connectivity index (χ3n) is 1.82. The van der Waals surface area contributed by atoms with Gasteiger partial charge < -0.3 is 5.11 Å². The lowest BCUT2D eigenvalue weighted by atomic mass is 9.97. The van der Waals surface area contributed by atoms with Crippen molar-refractivity contribution in [2.75, 3.05) is 0 Å². The average molecular weight is 274 g/mol. The maximum Gasteiger partial charge on any atom is 0.149 e. The molecule has 0 saturated heterocycles. The molecule has 0 saturated carbocycles. The molecule has 0 heterocycles. The highest BCUT2D eigenvalue weighted by Crippen LogP contribution is 2.29. The molecule has 0 aliphatic carbocycles. The fraction of sp³-hybridized carbons (Fsp3) is 0.273. The quantitative estimate of drug-likeness (QED) is 0.778. The predicted octanol–water partition coefficient (Wildman–Crippen LogP) is 3.33. The van der Waals surface area contributed by atoms with Gasteiger partial charge in [0.15, 0.2) is 0 Å². The van der Waals surface area contributed by atoms with Gasteiger partial charge in [-0.25, -0.2) is 0 Å². The SMILES string of the molecule is CC#CC(C)(O)c1ccc(Br)cc1Cl. The Morgan fingerprint density at radius 2 is 2.14 bits per heavy atom. The largest absolute Gasteiger partial charge is 0.374 e. The lowest BCUT2D eigenvalue weighted by Gasteiger charge is -2.18. The Morgan fingerprint density at radius 1 is 1.50 bits per heavy atom. The van der Waals surface area contributed by atoms with Crippen molar-refractivity contribution in [3.05, 3.63) is 33.3 Å². The van der Waals surface area contributed by atoms with Gasteiger partial charge in [0.05, 0.1) is 0 Å². The zero-order valence-corrected chi connectivity index (χ0v) is 10.3. The molecule has 3 heteroatoms. The molecule has 1 aromatic rings. The Hall–Kier alpha value is -0.490. The van der Waals surface area contributed by atoms with Crippen molar-refractivity contribution in [3.63, 3.8) is 0 Å². The lowest BCUT2D eigenvalue weighted by molar-refractivity contribution is 0.122. The number of hydrogen-bond donors (Lipinski definition) is 1. The van der Waals surface area contributed by atoms with Gasteiger partial charge in [0.1, 0.15) is 5.60 Å². The van der Waals surface area contributed by atoms with E-state index in [-0.39, 0.29) is 0 Å². The van der Waals surface area contributed by atoms with Crippen molar-refractivity contribution in [2.45, 2.75) is 19.4 Å². The highest BCUT2D eigenvalue weighted by Gasteiger charge is 2.22. The van der Waals surface area contributed by atoms with E-state index in [4.69, 9.17) is 11.6 Å². The fourth-order valence-corrected chi connectivity index (χ4v) is 2.05. The minimum absolute atomic E-state index is 0.507. The second kappa shape index (κ2) is 4.35. The van der Waals surface area contributed by atoms with Crippen LogP contribution in [0.15, 0.2) is 22.7 Å². The van der Waals surface area contributed by atoms with E-state index in [1.165, 1.54) is 0 Å². The van der Waals surface area contributed by atoms with Gasteiger partial charge in [-0.15, -0.1) is 5.92 Å². The highest BCUT2D eigenvalue weighted by atomic mass is 79.9. The number of rotatable bonds is 1. The highest BCUT2D eigenvalue weighted by molar-refractivity contribution is 9.10. The Kier molecular flexibility index (Phi) is 3.60. The molecule has 74 valence electrons. The molecule has 14 heavy (non-hydrogen) atoms. The molecule has 0 aromatic heterocycles. The first-order valence-electron chi connectivity index (χ1n) is 4.09. The molecule has 1 unspecified atom stereocenters. The van der Waals surface area contributed by atoms with Gasteiger partial charge >= 0.3 is 0 Å². The molecule has 1 atom stereocenters. The van der Waals surface area contributed by atoms with E-state index in [1.807, 2.05) is 6.07 Å². The van der Waals surface area contributed by atoms with Crippen LogP contribution >= 0.6 is 27.5 Å². The average Bonchev–Trinajstić information content (AvgIpc) is 2.02. The molecule has 0 aliphatic heterocycles. The minimum Gasteiger partial charge on any atom is -0.374 e. The molecule has 1 rings (SSSR count). The van der Waals surface area contributed by atoms with Crippen LogP contribution in [-0.2, 0) is 5.60 Å². The molecule has 0 radical (unpaired) electrons. The van der Waals surface area contributed by atoms with Gasteiger partial charge in [0.25, 0.3) is 0 Å². The second-order valence-corrected chi connectivity index (χ2v) is 4.39. The Morgan fingerprint density at radius 3 is 2.64 bits per heavy atom. The zero-order valence-electron chi connectivity index (χ0n) is 7.94. The maximum atomic E-state index is 9.98. The second-order valence-electron chi connectivity index (χ2n) is 3.07. The number of halogens is 2. The van der Waals surface area contributed by atoms with Crippen molar-refractivity contribution in [1.82, 2.24) is 0 Å². The summed E-state index contributed by atoms with van der Waals surface area (Å²) in [5, 5.41) is 10.5. The molecular weight excluding hydrogens is 263 g/mol. The third kappa shape index (κ3) is 2.51. The van der Waals surface area contributed by atoms with Crippen LogP contribution in [0.1, 0.15) is 19.4 Å². The van der Waals surface area contributed by atoms with Crippen molar-refractivity contribution in [1.29, 1.82) is 0 Å². The first-order chi connectivity index (χ1) is 6.47. The van der Waals surface area contributed by atoms with E-state index >= 15 is 0 Å². The van der Waals surface area contributed by atoms with Crippen LogP contribution in [0.2, 0.25) is 5.02 Å². The molecule has 1 N–H and O–H groups in total. The van der Waals surface area contributed by atoms with Crippen LogP contribution in [-0.4, -0.2) is 5.11 Å². The molecule has 0 bridgehead atoms. The molecular formula is C11H10BrClO. The monoisotopic (exact) mass is 272 g/mol. The summed E-state index contributed by atoms with van der Waals surface area (Å²) in [4.78, 5) is 0.